The van der Waals surface area contributed by atoms with Crippen LogP contribution < -0.4 is 0 Å². The molecule has 21 heavy (non-hydrogen) atoms. The predicted octanol–water partition coefficient (Wildman–Crippen LogP) is 4.62. The molecule has 2 radical (unpaired) electrons. The Balaban J connectivity index is 3.52. The number of benzene rings is 1. The Morgan fingerprint density at radius 3 is 1.86 bits per heavy atom. The van der Waals surface area contributed by atoms with Gasteiger partial charge in [-0.15, -0.1) is 0 Å². The van der Waals surface area contributed by atoms with Gasteiger partial charge in [0, 0.05) is 9.68 Å². The Hall–Kier alpha value is -1.18. The van der Waals surface area contributed by atoms with E-state index in [1.54, 1.807) is 0 Å². The van der Waals surface area contributed by atoms with Crippen LogP contribution in [0.25, 0.3) is 0 Å². The second-order valence-electron chi connectivity index (χ2n) is 4.25. The molecule has 0 heterocycles. The van der Waals surface area contributed by atoms with Gasteiger partial charge >= 0.3 is 12.4 Å². The number of alkyl halides is 6. The van der Waals surface area contributed by atoms with Crippen molar-refractivity contribution in [2.45, 2.75) is 44.1 Å². The summed E-state index contributed by atoms with van der Waals surface area (Å²) in [5.74, 6) is -1.89. The van der Waals surface area contributed by atoms with Gasteiger partial charge in [0.05, 0.1) is 0 Å². The second kappa shape index (κ2) is 5.91. The number of hydrogen-bond donors (Lipinski definition) is 0. The molecule has 1 aromatic rings. The van der Waals surface area contributed by atoms with Crippen molar-refractivity contribution in [3.05, 3.63) is 35.4 Å². The lowest BCUT2D eigenvalue weighted by Gasteiger charge is -2.37. The molecule has 0 spiro atoms. The zero-order valence-electron chi connectivity index (χ0n) is 14.1. The van der Waals surface area contributed by atoms with Crippen molar-refractivity contribution in [1.82, 2.24) is 0 Å². The first-order valence-corrected chi connectivity index (χ1v) is 5.65. The maximum atomic E-state index is 13.1. The minimum Gasteiger partial charge on any atom is -0.425 e. The van der Waals surface area contributed by atoms with E-state index in [4.69, 9.17) is 4.11 Å². The van der Waals surface area contributed by atoms with E-state index in [2.05, 4.69) is 12.7 Å². The van der Waals surface area contributed by atoms with E-state index in [1.807, 2.05) is 0 Å². The van der Waals surface area contributed by atoms with Crippen LogP contribution in [0.3, 0.4) is 0 Å². The minimum absolute atomic E-state index is 0.103. The van der Waals surface area contributed by atoms with Gasteiger partial charge in [0.2, 0.25) is 0 Å². The second-order valence-corrected chi connectivity index (χ2v) is 4.25. The van der Waals surface area contributed by atoms with Crippen molar-refractivity contribution in [1.29, 1.82) is 0 Å². The highest BCUT2D eigenvalue weighted by Crippen LogP contribution is 2.52. The Kier molecular flexibility index (Phi) is 3.79. The molecular weight excluding hydrogens is 297 g/mol. The quantitative estimate of drug-likeness (QED) is 0.582. The molecular formula is C13H13BF6O. The average molecular weight is 313 g/mol. The zero-order valence-corrected chi connectivity index (χ0v) is 11.1. The van der Waals surface area contributed by atoms with E-state index in [0.717, 1.165) is 26.0 Å². The van der Waals surface area contributed by atoms with E-state index in [0.29, 0.717) is 12.1 Å². The Labute approximate surface area is 123 Å². The third-order valence-corrected chi connectivity index (χ3v) is 3.07. The largest absolute Gasteiger partial charge is 0.429 e. The molecule has 0 aliphatic rings. The molecule has 1 nitrogen and oxygen atoms in total. The van der Waals surface area contributed by atoms with Gasteiger partial charge in [-0.3, -0.25) is 0 Å². The molecule has 0 bridgehead atoms. The first-order chi connectivity index (χ1) is 10.5. The van der Waals surface area contributed by atoms with Gasteiger partial charge in [-0.05, 0) is 17.8 Å². The van der Waals surface area contributed by atoms with Crippen LogP contribution >= 0.6 is 0 Å². The maximum absolute atomic E-state index is 13.1. The van der Waals surface area contributed by atoms with Gasteiger partial charge in [-0.1, -0.05) is 38.1 Å². The van der Waals surface area contributed by atoms with Crippen LogP contribution in [0.1, 0.15) is 41.4 Å². The van der Waals surface area contributed by atoms with Gasteiger partial charge in [0.15, 0.2) is 0 Å². The normalized spacial score (nSPS) is 19.3. The highest BCUT2D eigenvalue weighted by molar-refractivity contribution is 5.98. The van der Waals surface area contributed by atoms with Crippen LogP contribution in [0.4, 0.5) is 26.3 Å². The zero-order chi connectivity index (χ0) is 19.2. The summed E-state index contributed by atoms with van der Waals surface area (Å²) >= 11 is 0. The number of rotatable bonds is 4. The summed E-state index contributed by atoms with van der Waals surface area (Å²) in [6.07, 6.45) is -13.9. The SMILES string of the molecule is [2H]C([2H])(C)C([2H])(C)c1ccc(C(O[B])(C(F)(F)F)C(F)(F)F)cc1. The standard InChI is InChI=1S/C13H13BF6O/c1-3-8(2)9-4-6-10(7-5-9)11(21-14,12(15,16)17)13(18,19)20/h4-8H,3H2,1-2H3/i3D2,8D. The van der Waals surface area contributed by atoms with Crippen LogP contribution in [0, 0.1) is 0 Å². The fraction of sp³-hybridized carbons (Fsp3) is 0.538. The fourth-order valence-electron chi connectivity index (χ4n) is 1.79. The summed E-state index contributed by atoms with van der Waals surface area (Å²) in [6, 6.07) is 2.58. The monoisotopic (exact) mass is 313 g/mol. The summed E-state index contributed by atoms with van der Waals surface area (Å²) in [5, 5.41) is 0. The third kappa shape index (κ3) is 3.05. The molecule has 8 heteroatoms. The lowest BCUT2D eigenvalue weighted by Crippen LogP contribution is -2.55. The van der Waals surface area contributed by atoms with Crippen LogP contribution in [0.15, 0.2) is 24.3 Å². The molecule has 0 saturated heterocycles. The van der Waals surface area contributed by atoms with E-state index in [1.165, 1.54) is 0 Å². The van der Waals surface area contributed by atoms with E-state index < -0.39 is 35.8 Å². The van der Waals surface area contributed by atoms with Crippen molar-refractivity contribution in [3.8, 4) is 0 Å². The van der Waals surface area contributed by atoms with E-state index in [-0.39, 0.29) is 5.56 Å². The van der Waals surface area contributed by atoms with E-state index >= 15 is 0 Å². The molecule has 116 valence electrons. The minimum atomic E-state index is -5.88. The predicted molar refractivity (Wildman–Crippen MR) is 65.8 cm³/mol. The molecule has 0 amide bonds. The van der Waals surface area contributed by atoms with Crippen molar-refractivity contribution < 1.29 is 35.1 Å². The molecule has 0 N–H and O–H groups in total. The fourth-order valence-corrected chi connectivity index (χ4v) is 1.79. The molecule has 0 aliphatic heterocycles. The van der Waals surface area contributed by atoms with E-state index in [9.17, 15) is 26.3 Å². The summed E-state index contributed by atoms with van der Waals surface area (Å²) in [7, 11) is 4.37. The van der Waals surface area contributed by atoms with Crippen LogP contribution in [0.5, 0.6) is 0 Å². The van der Waals surface area contributed by atoms with Crippen LogP contribution in [-0.4, -0.2) is 20.4 Å². The molecule has 0 aliphatic carbocycles. The molecule has 1 aromatic carbocycles. The summed E-state index contributed by atoms with van der Waals surface area (Å²) in [5.41, 5.74) is -6.14. The molecule has 0 aromatic heterocycles. The lowest BCUT2D eigenvalue weighted by molar-refractivity contribution is -0.365. The van der Waals surface area contributed by atoms with Crippen molar-refractivity contribution >= 4 is 8.05 Å². The van der Waals surface area contributed by atoms with Crippen LogP contribution in [0.2, 0.25) is 0 Å². The topological polar surface area (TPSA) is 9.23 Å². The molecule has 0 fully saturated rings. The molecule has 1 rings (SSSR count). The maximum Gasteiger partial charge on any atom is 0.429 e. The first-order valence-electron chi connectivity index (χ1n) is 7.15. The smallest absolute Gasteiger partial charge is 0.425 e. The van der Waals surface area contributed by atoms with Crippen molar-refractivity contribution in [2.75, 3.05) is 0 Å². The van der Waals surface area contributed by atoms with Crippen molar-refractivity contribution in [2.24, 2.45) is 0 Å². The molecule has 1 unspecified atom stereocenters. The Bertz CT molecular complexity index is 563. The van der Waals surface area contributed by atoms with Crippen LogP contribution in [-0.2, 0) is 10.3 Å². The number of hydrogen-bond acceptors (Lipinski definition) is 1. The first kappa shape index (κ1) is 13.5. The third-order valence-electron chi connectivity index (χ3n) is 3.07. The van der Waals surface area contributed by atoms with Gasteiger partial charge in [0.1, 0.15) is 0 Å². The Morgan fingerprint density at radius 2 is 1.57 bits per heavy atom. The average Bonchev–Trinajstić information content (AvgIpc) is 2.35. The van der Waals surface area contributed by atoms with Crippen molar-refractivity contribution in [3.63, 3.8) is 0 Å². The highest BCUT2D eigenvalue weighted by atomic mass is 19.4. The summed E-state index contributed by atoms with van der Waals surface area (Å²) in [6.45, 7) is 2.23. The summed E-state index contributed by atoms with van der Waals surface area (Å²) in [4.78, 5) is 0. The summed E-state index contributed by atoms with van der Waals surface area (Å²) < 4.78 is 105. The molecule has 1 atom stereocenters. The van der Waals surface area contributed by atoms with Gasteiger partial charge in [-0.25, -0.2) is 0 Å². The lowest BCUT2D eigenvalue weighted by atomic mass is 9.88. The van der Waals surface area contributed by atoms with Gasteiger partial charge in [-0.2, -0.15) is 26.3 Å². The van der Waals surface area contributed by atoms with Gasteiger partial charge < -0.3 is 4.65 Å². The number of halogens is 6. The Morgan fingerprint density at radius 1 is 1.14 bits per heavy atom. The highest BCUT2D eigenvalue weighted by Gasteiger charge is 2.72. The molecule has 0 saturated carbocycles. The van der Waals surface area contributed by atoms with Gasteiger partial charge in [0.25, 0.3) is 13.7 Å².